The number of carbonyl (C=O) groups excluding carboxylic acids is 1. The molecule has 1 heterocycles. The van der Waals surface area contributed by atoms with Crippen LogP contribution in [0.25, 0.3) is 0 Å². The Morgan fingerprint density at radius 2 is 2.36 bits per heavy atom. The summed E-state index contributed by atoms with van der Waals surface area (Å²) >= 11 is 0. The first-order valence-electron chi connectivity index (χ1n) is 4.33. The van der Waals surface area contributed by atoms with E-state index in [2.05, 4.69) is 9.72 Å². The zero-order chi connectivity index (χ0) is 10.4. The number of ether oxygens (including phenoxy) is 2. The smallest absolute Gasteiger partial charge is 0.331 e. The zero-order valence-electron chi connectivity index (χ0n) is 8.27. The van der Waals surface area contributed by atoms with Crippen molar-refractivity contribution in [2.45, 2.75) is 13.0 Å². The Morgan fingerprint density at radius 3 is 2.93 bits per heavy atom. The Bertz CT molecular complexity index is 287. The number of esters is 1. The molecule has 1 rings (SSSR count). The van der Waals surface area contributed by atoms with Crippen molar-refractivity contribution >= 4 is 5.97 Å². The molecule has 0 amide bonds. The third-order valence-corrected chi connectivity index (χ3v) is 1.78. The highest BCUT2D eigenvalue weighted by molar-refractivity contribution is 5.70. The third-order valence-electron chi connectivity index (χ3n) is 1.78. The Hall–Kier alpha value is -1.42. The van der Waals surface area contributed by atoms with E-state index in [9.17, 15) is 4.79 Å². The highest BCUT2D eigenvalue weighted by Crippen LogP contribution is 2.12. The maximum absolute atomic E-state index is 10.8. The van der Waals surface area contributed by atoms with Crippen LogP contribution in [-0.4, -0.2) is 24.7 Å². The summed E-state index contributed by atoms with van der Waals surface area (Å²) in [6.07, 6.45) is 1.49. The van der Waals surface area contributed by atoms with Gasteiger partial charge in [0.1, 0.15) is 6.61 Å². The Morgan fingerprint density at radius 1 is 1.57 bits per heavy atom. The summed E-state index contributed by atoms with van der Waals surface area (Å²) in [5, 5.41) is 0. The molecular formula is C10H13NO3. The quantitative estimate of drug-likeness (QED) is 0.680. The number of aromatic nitrogens is 1. The van der Waals surface area contributed by atoms with Crippen molar-refractivity contribution in [2.75, 3.05) is 13.7 Å². The van der Waals surface area contributed by atoms with Gasteiger partial charge in [-0.05, 0) is 19.1 Å². The molecular weight excluding hydrogens is 182 g/mol. The molecule has 14 heavy (non-hydrogen) atoms. The number of hydrogen-bond acceptors (Lipinski definition) is 4. The van der Waals surface area contributed by atoms with Gasteiger partial charge in [0.25, 0.3) is 0 Å². The summed E-state index contributed by atoms with van der Waals surface area (Å²) in [5.41, 5.74) is 0.802. The minimum Gasteiger partial charge on any atom is -0.467 e. The van der Waals surface area contributed by atoms with Crippen LogP contribution in [0.15, 0.2) is 24.4 Å². The van der Waals surface area contributed by atoms with Crippen LogP contribution in [0.4, 0.5) is 0 Å². The Balaban J connectivity index is 2.43. The van der Waals surface area contributed by atoms with E-state index in [4.69, 9.17) is 4.74 Å². The molecule has 0 fully saturated rings. The van der Waals surface area contributed by atoms with Gasteiger partial charge in [-0.15, -0.1) is 0 Å². The fourth-order valence-corrected chi connectivity index (χ4v) is 0.954. The molecule has 0 spiro atoms. The molecule has 0 N–H and O–H groups in total. The Kier molecular flexibility index (Phi) is 4.07. The van der Waals surface area contributed by atoms with Gasteiger partial charge in [0.15, 0.2) is 0 Å². The summed E-state index contributed by atoms with van der Waals surface area (Å²) < 4.78 is 9.70. The average Bonchev–Trinajstić information content (AvgIpc) is 2.26. The molecule has 76 valence electrons. The third kappa shape index (κ3) is 3.14. The molecule has 1 unspecified atom stereocenters. The molecule has 0 saturated carbocycles. The number of pyridine rings is 1. The van der Waals surface area contributed by atoms with Gasteiger partial charge >= 0.3 is 5.97 Å². The van der Waals surface area contributed by atoms with Gasteiger partial charge in [0.2, 0.25) is 0 Å². The highest BCUT2D eigenvalue weighted by Gasteiger charge is 2.09. The van der Waals surface area contributed by atoms with Crippen LogP contribution in [0.5, 0.6) is 0 Å². The van der Waals surface area contributed by atoms with Crippen LogP contribution in [-0.2, 0) is 14.3 Å². The van der Waals surface area contributed by atoms with Crippen LogP contribution in [0.1, 0.15) is 18.7 Å². The minimum atomic E-state index is -0.382. The fraction of sp³-hybridized carbons (Fsp3) is 0.400. The van der Waals surface area contributed by atoms with Crippen molar-refractivity contribution in [3.8, 4) is 0 Å². The van der Waals surface area contributed by atoms with Crippen LogP contribution < -0.4 is 0 Å². The predicted octanol–water partition coefficient (Wildman–Crippen LogP) is 1.33. The lowest BCUT2D eigenvalue weighted by Crippen LogP contribution is -2.13. The number of nitrogens with zero attached hydrogens (tertiary/aromatic N) is 1. The van der Waals surface area contributed by atoms with Gasteiger partial charge in [-0.1, -0.05) is 6.07 Å². The topological polar surface area (TPSA) is 48.4 Å². The minimum absolute atomic E-state index is 0.0474. The summed E-state index contributed by atoms with van der Waals surface area (Å²) in [5.74, 6) is -0.382. The lowest BCUT2D eigenvalue weighted by molar-refractivity contribution is -0.147. The maximum Gasteiger partial charge on any atom is 0.331 e. The molecule has 1 atom stereocenters. The molecule has 0 aliphatic rings. The fourth-order valence-electron chi connectivity index (χ4n) is 0.954. The normalized spacial score (nSPS) is 12.1. The molecule has 4 heteroatoms. The highest BCUT2D eigenvalue weighted by atomic mass is 16.6. The lowest BCUT2D eigenvalue weighted by Gasteiger charge is -2.10. The van der Waals surface area contributed by atoms with E-state index in [0.29, 0.717) is 0 Å². The molecule has 0 aliphatic heterocycles. The van der Waals surface area contributed by atoms with Crippen LogP contribution in [0.2, 0.25) is 0 Å². The van der Waals surface area contributed by atoms with Gasteiger partial charge in [-0.25, -0.2) is 4.79 Å². The molecule has 0 saturated heterocycles. The van der Waals surface area contributed by atoms with Crippen LogP contribution >= 0.6 is 0 Å². The SMILES string of the molecule is COC(=O)COC(C)c1ccccn1. The van der Waals surface area contributed by atoms with E-state index in [-0.39, 0.29) is 18.7 Å². The number of rotatable bonds is 4. The second-order valence-electron chi connectivity index (χ2n) is 2.78. The number of methoxy groups -OCH3 is 1. The van der Waals surface area contributed by atoms with Gasteiger partial charge < -0.3 is 9.47 Å². The van der Waals surface area contributed by atoms with Crippen molar-refractivity contribution < 1.29 is 14.3 Å². The first-order chi connectivity index (χ1) is 6.74. The number of carbonyl (C=O) groups is 1. The zero-order valence-corrected chi connectivity index (χ0v) is 8.27. The summed E-state index contributed by atoms with van der Waals surface area (Å²) in [6.45, 7) is 1.79. The molecule has 1 aromatic rings. The summed E-state index contributed by atoms with van der Waals surface area (Å²) in [7, 11) is 1.33. The largest absolute Gasteiger partial charge is 0.467 e. The van der Waals surface area contributed by atoms with Crippen molar-refractivity contribution in [3.63, 3.8) is 0 Å². The van der Waals surface area contributed by atoms with E-state index in [1.807, 2.05) is 25.1 Å². The van der Waals surface area contributed by atoms with Crippen LogP contribution in [0.3, 0.4) is 0 Å². The van der Waals surface area contributed by atoms with E-state index in [1.165, 1.54) is 7.11 Å². The number of hydrogen-bond donors (Lipinski definition) is 0. The van der Waals surface area contributed by atoms with Gasteiger partial charge in [-0.2, -0.15) is 0 Å². The summed E-state index contributed by atoms with van der Waals surface area (Å²) in [4.78, 5) is 14.9. The summed E-state index contributed by atoms with van der Waals surface area (Å²) in [6, 6.07) is 5.55. The van der Waals surface area contributed by atoms with Crippen molar-refractivity contribution in [1.29, 1.82) is 0 Å². The van der Waals surface area contributed by atoms with E-state index in [1.54, 1.807) is 6.20 Å². The second-order valence-corrected chi connectivity index (χ2v) is 2.78. The van der Waals surface area contributed by atoms with Crippen molar-refractivity contribution in [2.24, 2.45) is 0 Å². The standard InChI is InChI=1S/C10H13NO3/c1-8(14-7-10(12)13-2)9-5-3-4-6-11-9/h3-6,8H,7H2,1-2H3. The van der Waals surface area contributed by atoms with Gasteiger partial charge in [0.05, 0.1) is 18.9 Å². The first kappa shape index (κ1) is 10.7. The maximum atomic E-state index is 10.8. The monoisotopic (exact) mass is 195 g/mol. The van der Waals surface area contributed by atoms with Gasteiger partial charge in [-0.3, -0.25) is 4.98 Å². The second kappa shape index (κ2) is 5.34. The Labute approximate surface area is 82.9 Å². The van der Waals surface area contributed by atoms with Gasteiger partial charge in [0, 0.05) is 6.20 Å². The molecule has 0 aromatic carbocycles. The van der Waals surface area contributed by atoms with E-state index >= 15 is 0 Å². The molecule has 0 aliphatic carbocycles. The lowest BCUT2D eigenvalue weighted by atomic mass is 10.2. The van der Waals surface area contributed by atoms with Crippen molar-refractivity contribution in [1.82, 2.24) is 4.98 Å². The molecule has 0 radical (unpaired) electrons. The van der Waals surface area contributed by atoms with E-state index in [0.717, 1.165) is 5.69 Å². The molecule has 1 aromatic heterocycles. The van der Waals surface area contributed by atoms with Crippen LogP contribution in [0, 0.1) is 0 Å². The predicted molar refractivity (Wildman–Crippen MR) is 50.6 cm³/mol. The van der Waals surface area contributed by atoms with Crippen molar-refractivity contribution in [3.05, 3.63) is 30.1 Å². The molecule has 4 nitrogen and oxygen atoms in total. The van der Waals surface area contributed by atoms with E-state index < -0.39 is 0 Å². The first-order valence-corrected chi connectivity index (χ1v) is 4.33. The average molecular weight is 195 g/mol. The molecule has 0 bridgehead atoms.